The van der Waals surface area contributed by atoms with E-state index in [9.17, 15) is 14.8 Å². The monoisotopic (exact) mass is 410 g/mol. The zero-order valence-corrected chi connectivity index (χ0v) is 17.0. The molecule has 7 heteroatoms. The van der Waals surface area contributed by atoms with Crippen molar-refractivity contribution >= 4 is 17.5 Å². The molecular weight excluding hydrogens is 384 g/mol. The van der Waals surface area contributed by atoms with E-state index < -0.39 is 5.91 Å². The highest BCUT2D eigenvalue weighted by molar-refractivity contribution is 5.99. The number of methoxy groups -OCH3 is 1. The van der Waals surface area contributed by atoms with E-state index in [1.165, 1.54) is 0 Å². The standard InChI is InChI=1S/C23H26N2O5/c1-29-20-11-10-17(14-21(20)30-18-7-3-4-8-18)25(28)22(26)12-13-24-15-16-6-2-5-9-19(16)23(24)27/h2,5-6,9-11,14,18,28H,3-4,7-8,12-13,15H2,1H3. The van der Waals surface area contributed by atoms with E-state index in [-0.39, 0.29) is 25.0 Å². The van der Waals surface area contributed by atoms with E-state index in [0.717, 1.165) is 31.2 Å². The Balaban J connectivity index is 1.39. The van der Waals surface area contributed by atoms with Gasteiger partial charge in [-0.1, -0.05) is 18.2 Å². The Labute approximate surface area is 175 Å². The maximum atomic E-state index is 12.6. The summed E-state index contributed by atoms with van der Waals surface area (Å²) < 4.78 is 11.4. The summed E-state index contributed by atoms with van der Waals surface area (Å²) in [6.07, 6.45) is 4.39. The Morgan fingerprint density at radius 3 is 2.67 bits per heavy atom. The van der Waals surface area contributed by atoms with Crippen LogP contribution in [0.4, 0.5) is 5.69 Å². The Morgan fingerprint density at radius 1 is 1.17 bits per heavy atom. The molecule has 4 rings (SSSR count). The summed E-state index contributed by atoms with van der Waals surface area (Å²) in [7, 11) is 1.56. The van der Waals surface area contributed by atoms with E-state index in [4.69, 9.17) is 9.47 Å². The second-order valence-corrected chi connectivity index (χ2v) is 7.70. The summed E-state index contributed by atoms with van der Waals surface area (Å²) in [5.41, 5.74) is 1.94. The van der Waals surface area contributed by atoms with Crippen LogP contribution in [0.1, 0.15) is 48.0 Å². The second-order valence-electron chi connectivity index (χ2n) is 7.70. The molecule has 30 heavy (non-hydrogen) atoms. The highest BCUT2D eigenvalue weighted by Gasteiger charge is 2.28. The van der Waals surface area contributed by atoms with Gasteiger partial charge in [-0.15, -0.1) is 0 Å². The molecule has 0 radical (unpaired) electrons. The minimum atomic E-state index is -0.490. The van der Waals surface area contributed by atoms with E-state index in [2.05, 4.69) is 0 Å². The smallest absolute Gasteiger partial charge is 0.254 e. The highest BCUT2D eigenvalue weighted by Crippen LogP contribution is 2.35. The molecule has 0 bridgehead atoms. The van der Waals surface area contributed by atoms with E-state index in [1.54, 1.807) is 36.3 Å². The number of hydroxylamine groups is 1. The van der Waals surface area contributed by atoms with E-state index in [1.807, 2.05) is 18.2 Å². The van der Waals surface area contributed by atoms with Crippen molar-refractivity contribution < 1.29 is 24.3 Å². The lowest BCUT2D eigenvalue weighted by atomic mass is 10.1. The lowest BCUT2D eigenvalue weighted by Crippen LogP contribution is -2.32. The maximum absolute atomic E-state index is 12.6. The van der Waals surface area contributed by atoms with Crippen LogP contribution in [0, 0.1) is 0 Å². The molecule has 2 aromatic rings. The average Bonchev–Trinajstić information content (AvgIpc) is 3.39. The van der Waals surface area contributed by atoms with Gasteiger partial charge in [0.05, 0.1) is 18.9 Å². The molecule has 2 aliphatic rings. The van der Waals surface area contributed by atoms with Crippen LogP contribution in [0.2, 0.25) is 0 Å². The first kappa shape index (κ1) is 20.2. The number of carbonyl (C=O) groups excluding carboxylic acids is 2. The number of amides is 2. The molecule has 0 aromatic heterocycles. The number of hydrogen-bond donors (Lipinski definition) is 1. The molecule has 0 saturated heterocycles. The Morgan fingerprint density at radius 2 is 1.93 bits per heavy atom. The van der Waals surface area contributed by atoms with Crippen molar-refractivity contribution in [3.05, 3.63) is 53.6 Å². The van der Waals surface area contributed by atoms with Gasteiger partial charge in [0.15, 0.2) is 11.5 Å². The summed E-state index contributed by atoms with van der Waals surface area (Å²) >= 11 is 0. The van der Waals surface area contributed by atoms with Gasteiger partial charge in [0.2, 0.25) is 0 Å². The molecule has 0 spiro atoms. The molecule has 0 unspecified atom stereocenters. The van der Waals surface area contributed by atoms with Crippen molar-refractivity contribution in [2.45, 2.75) is 44.8 Å². The molecule has 1 aliphatic heterocycles. The van der Waals surface area contributed by atoms with Gasteiger partial charge < -0.3 is 14.4 Å². The molecule has 2 aromatic carbocycles. The summed E-state index contributed by atoms with van der Waals surface area (Å²) in [6, 6.07) is 12.3. The third-order valence-electron chi connectivity index (χ3n) is 5.72. The number of rotatable bonds is 7. The topological polar surface area (TPSA) is 79.3 Å². The fourth-order valence-corrected chi connectivity index (χ4v) is 4.05. The van der Waals surface area contributed by atoms with Crippen LogP contribution in [-0.4, -0.2) is 41.7 Å². The van der Waals surface area contributed by atoms with Crippen LogP contribution in [0.3, 0.4) is 0 Å². The number of fused-ring (bicyclic) bond motifs is 1. The fraction of sp³-hybridized carbons (Fsp3) is 0.391. The van der Waals surface area contributed by atoms with Crippen LogP contribution in [-0.2, 0) is 11.3 Å². The Bertz CT molecular complexity index is 939. The quantitative estimate of drug-likeness (QED) is 0.555. The van der Waals surface area contributed by atoms with Crippen LogP contribution in [0.5, 0.6) is 11.5 Å². The van der Waals surface area contributed by atoms with Crippen LogP contribution in [0.15, 0.2) is 42.5 Å². The zero-order chi connectivity index (χ0) is 21.1. The summed E-state index contributed by atoms with van der Waals surface area (Å²) in [5, 5.41) is 11.1. The minimum Gasteiger partial charge on any atom is -0.493 e. The second kappa shape index (κ2) is 8.75. The van der Waals surface area contributed by atoms with Gasteiger partial charge >= 0.3 is 0 Å². The Kier molecular flexibility index (Phi) is 5.90. The van der Waals surface area contributed by atoms with Gasteiger partial charge in [-0.3, -0.25) is 14.8 Å². The number of anilines is 1. The molecular formula is C23H26N2O5. The third-order valence-corrected chi connectivity index (χ3v) is 5.72. The average molecular weight is 410 g/mol. The first-order valence-electron chi connectivity index (χ1n) is 10.3. The summed E-state index contributed by atoms with van der Waals surface area (Å²) in [4.78, 5) is 26.6. The van der Waals surface area contributed by atoms with Gasteiger partial charge in [-0.05, 0) is 49.4 Å². The first-order chi connectivity index (χ1) is 14.6. The number of ether oxygens (including phenoxy) is 2. The van der Waals surface area contributed by atoms with Crippen molar-refractivity contribution in [1.29, 1.82) is 0 Å². The molecule has 1 saturated carbocycles. The zero-order valence-electron chi connectivity index (χ0n) is 17.0. The molecule has 0 atom stereocenters. The molecule has 2 amide bonds. The molecule has 1 aliphatic carbocycles. The minimum absolute atomic E-state index is 0.0150. The molecule has 7 nitrogen and oxygen atoms in total. The van der Waals surface area contributed by atoms with E-state index >= 15 is 0 Å². The van der Waals surface area contributed by atoms with Crippen molar-refractivity contribution in [2.24, 2.45) is 0 Å². The van der Waals surface area contributed by atoms with Gasteiger partial charge in [0.1, 0.15) is 0 Å². The maximum Gasteiger partial charge on any atom is 0.254 e. The number of nitrogens with zero attached hydrogens (tertiary/aromatic N) is 2. The predicted octanol–water partition coefficient (Wildman–Crippen LogP) is 3.78. The third kappa shape index (κ3) is 4.11. The van der Waals surface area contributed by atoms with Gasteiger partial charge in [0.25, 0.3) is 11.8 Å². The van der Waals surface area contributed by atoms with Crippen LogP contribution >= 0.6 is 0 Å². The highest BCUT2D eigenvalue weighted by atomic mass is 16.5. The predicted molar refractivity (Wildman–Crippen MR) is 111 cm³/mol. The largest absolute Gasteiger partial charge is 0.493 e. The SMILES string of the molecule is COc1ccc(N(O)C(=O)CCN2Cc3ccccc3C2=O)cc1OC1CCCC1. The van der Waals surface area contributed by atoms with Crippen molar-refractivity contribution in [3.8, 4) is 11.5 Å². The van der Waals surface area contributed by atoms with Gasteiger partial charge in [-0.2, -0.15) is 5.06 Å². The summed E-state index contributed by atoms with van der Waals surface area (Å²) in [5.74, 6) is 0.501. The van der Waals surface area contributed by atoms with Crippen molar-refractivity contribution in [3.63, 3.8) is 0 Å². The fourth-order valence-electron chi connectivity index (χ4n) is 4.05. The Hall–Kier alpha value is -3.06. The molecule has 1 fully saturated rings. The van der Waals surface area contributed by atoms with Crippen molar-refractivity contribution in [1.82, 2.24) is 4.90 Å². The van der Waals surface area contributed by atoms with Gasteiger partial charge in [-0.25, -0.2) is 0 Å². The molecule has 1 heterocycles. The van der Waals surface area contributed by atoms with Crippen LogP contribution in [0.25, 0.3) is 0 Å². The lowest BCUT2D eigenvalue weighted by Gasteiger charge is -2.21. The van der Waals surface area contributed by atoms with Crippen molar-refractivity contribution in [2.75, 3.05) is 18.7 Å². The lowest BCUT2D eigenvalue weighted by molar-refractivity contribution is -0.123. The first-order valence-corrected chi connectivity index (χ1v) is 10.3. The normalized spacial score (nSPS) is 15.9. The summed E-state index contributed by atoms with van der Waals surface area (Å²) in [6.45, 7) is 0.723. The molecule has 158 valence electrons. The van der Waals surface area contributed by atoms with E-state index in [0.29, 0.717) is 34.4 Å². The molecule has 1 N–H and O–H groups in total. The number of benzene rings is 2. The van der Waals surface area contributed by atoms with Gasteiger partial charge in [0, 0.05) is 31.1 Å². The number of hydrogen-bond acceptors (Lipinski definition) is 5. The van der Waals surface area contributed by atoms with Crippen LogP contribution < -0.4 is 14.5 Å². The number of carbonyl (C=O) groups is 2.